The number of nitrogens with one attached hydrogen (secondary N) is 1. The number of nitrogens with zero attached hydrogens (tertiary/aromatic N) is 2. The van der Waals surface area contributed by atoms with E-state index in [4.69, 9.17) is 19.9 Å². The van der Waals surface area contributed by atoms with Gasteiger partial charge >= 0.3 is 0 Å². The Morgan fingerprint density at radius 2 is 1.79 bits per heavy atom. The molecule has 8 heteroatoms. The van der Waals surface area contributed by atoms with E-state index in [1.54, 1.807) is 19.1 Å². The van der Waals surface area contributed by atoms with Gasteiger partial charge in [0.15, 0.2) is 17.3 Å². The highest BCUT2D eigenvalue weighted by Gasteiger charge is 2.14. The molecule has 3 N–H and O–H groups in total. The number of nitrogens with two attached hydrogens (primary N) is 1. The van der Waals surface area contributed by atoms with Gasteiger partial charge in [0.25, 0.3) is 0 Å². The number of ether oxygens (including phenoxy) is 3. The van der Waals surface area contributed by atoms with Gasteiger partial charge in [0.1, 0.15) is 23.4 Å². The minimum Gasteiger partial charge on any atom is -0.457 e. The highest BCUT2D eigenvalue weighted by atomic mass is 16.7. The molecule has 1 aromatic heterocycles. The number of rotatable bonds is 6. The Hall–Kier alpha value is -3.81. The molecule has 0 bridgehead atoms. The molecule has 3 aromatic rings. The summed E-state index contributed by atoms with van der Waals surface area (Å²) in [7, 11) is 0. The molecule has 1 unspecified atom stereocenters. The molecule has 2 aromatic carbocycles. The van der Waals surface area contributed by atoms with Crippen LogP contribution in [0.2, 0.25) is 0 Å². The largest absolute Gasteiger partial charge is 0.457 e. The maximum atomic E-state index is 11.3. The number of aromatic nitrogens is 2. The summed E-state index contributed by atoms with van der Waals surface area (Å²) in [6, 6.07) is 14.1. The van der Waals surface area contributed by atoms with E-state index in [1.807, 2.05) is 43.3 Å². The van der Waals surface area contributed by atoms with Crippen molar-refractivity contribution in [1.82, 2.24) is 9.97 Å². The number of aryl methyl sites for hydroxylation is 1. The van der Waals surface area contributed by atoms with Crippen molar-refractivity contribution >= 4 is 11.7 Å². The molecular formula is C21H20N4O4. The van der Waals surface area contributed by atoms with Gasteiger partial charge in [-0.3, -0.25) is 4.79 Å². The third-order valence-electron chi connectivity index (χ3n) is 4.34. The highest BCUT2D eigenvalue weighted by Crippen LogP contribution is 2.36. The van der Waals surface area contributed by atoms with Crippen LogP contribution in [-0.4, -0.2) is 28.7 Å². The van der Waals surface area contributed by atoms with Gasteiger partial charge in [0.05, 0.1) is 0 Å². The van der Waals surface area contributed by atoms with Crippen molar-refractivity contribution in [3.63, 3.8) is 0 Å². The standard InChI is InChI=1S/C21H20N4O4/c1-12-9-19(24-13(2)20(22)26)25-21(23-12)14-3-5-15(6-4-14)29-16-7-8-17-18(10-16)28-11-27-17/h3-10,13H,11H2,1-2H3,(H2,22,26)(H,23,24,25). The fourth-order valence-electron chi connectivity index (χ4n) is 2.81. The Balaban J connectivity index is 1.51. The van der Waals surface area contributed by atoms with Crippen LogP contribution < -0.4 is 25.3 Å². The summed E-state index contributed by atoms with van der Waals surface area (Å²) in [5.74, 6) is 3.32. The van der Waals surface area contributed by atoms with E-state index < -0.39 is 11.9 Å². The molecule has 2 heterocycles. The lowest BCUT2D eigenvalue weighted by molar-refractivity contribution is -0.118. The molecule has 1 amide bonds. The Morgan fingerprint density at radius 3 is 2.55 bits per heavy atom. The summed E-state index contributed by atoms with van der Waals surface area (Å²) >= 11 is 0. The molecular weight excluding hydrogens is 372 g/mol. The minimum absolute atomic E-state index is 0.221. The summed E-state index contributed by atoms with van der Waals surface area (Å²) in [6.45, 7) is 3.77. The van der Waals surface area contributed by atoms with Crippen LogP contribution in [0.1, 0.15) is 12.6 Å². The Kier molecular flexibility index (Phi) is 4.90. The molecule has 0 saturated carbocycles. The number of amides is 1. The predicted molar refractivity (Wildman–Crippen MR) is 107 cm³/mol. The predicted octanol–water partition coefficient (Wildman–Crippen LogP) is 3.26. The van der Waals surface area contributed by atoms with Crippen molar-refractivity contribution in [2.24, 2.45) is 5.73 Å². The Morgan fingerprint density at radius 1 is 1.07 bits per heavy atom. The number of primary amides is 1. The van der Waals surface area contributed by atoms with E-state index in [9.17, 15) is 4.79 Å². The first-order valence-corrected chi connectivity index (χ1v) is 9.07. The van der Waals surface area contributed by atoms with Crippen molar-refractivity contribution in [3.8, 4) is 34.4 Å². The molecule has 4 rings (SSSR count). The van der Waals surface area contributed by atoms with Crippen LogP contribution in [-0.2, 0) is 4.79 Å². The topological polar surface area (TPSA) is 109 Å². The Labute approximate surface area is 167 Å². The van der Waals surface area contributed by atoms with Crippen LogP contribution in [0.3, 0.4) is 0 Å². The van der Waals surface area contributed by atoms with Gasteiger partial charge in [-0.05, 0) is 50.2 Å². The van der Waals surface area contributed by atoms with Gasteiger partial charge in [0, 0.05) is 23.4 Å². The molecule has 0 fully saturated rings. The lowest BCUT2D eigenvalue weighted by Gasteiger charge is -2.12. The fraction of sp³-hybridized carbons (Fsp3) is 0.190. The first-order valence-electron chi connectivity index (χ1n) is 9.07. The van der Waals surface area contributed by atoms with Crippen molar-refractivity contribution in [2.75, 3.05) is 12.1 Å². The normalized spacial score (nSPS) is 13.0. The third-order valence-corrected chi connectivity index (χ3v) is 4.34. The zero-order valence-electron chi connectivity index (χ0n) is 16.0. The van der Waals surface area contributed by atoms with Gasteiger partial charge in [-0.2, -0.15) is 0 Å². The number of carbonyl (C=O) groups excluding carboxylic acids is 1. The van der Waals surface area contributed by atoms with Gasteiger partial charge in [-0.25, -0.2) is 9.97 Å². The minimum atomic E-state index is -0.533. The first kappa shape index (κ1) is 18.5. The van der Waals surface area contributed by atoms with E-state index in [1.165, 1.54) is 0 Å². The molecule has 1 aliphatic heterocycles. The van der Waals surface area contributed by atoms with E-state index in [-0.39, 0.29) is 6.79 Å². The smallest absolute Gasteiger partial charge is 0.239 e. The maximum Gasteiger partial charge on any atom is 0.239 e. The van der Waals surface area contributed by atoms with Crippen molar-refractivity contribution < 1.29 is 19.0 Å². The average Bonchev–Trinajstić information content (AvgIpc) is 3.16. The molecule has 8 nitrogen and oxygen atoms in total. The summed E-state index contributed by atoms with van der Waals surface area (Å²) in [4.78, 5) is 20.2. The zero-order valence-corrected chi connectivity index (χ0v) is 16.0. The highest BCUT2D eigenvalue weighted by molar-refractivity contribution is 5.82. The van der Waals surface area contributed by atoms with Gasteiger partial charge in [-0.15, -0.1) is 0 Å². The van der Waals surface area contributed by atoms with Gasteiger partial charge in [-0.1, -0.05) is 0 Å². The second-order valence-corrected chi connectivity index (χ2v) is 6.63. The molecule has 1 atom stereocenters. The lowest BCUT2D eigenvalue weighted by Crippen LogP contribution is -2.32. The molecule has 148 valence electrons. The Bertz CT molecular complexity index is 1050. The van der Waals surface area contributed by atoms with Crippen molar-refractivity contribution in [2.45, 2.75) is 19.9 Å². The summed E-state index contributed by atoms with van der Waals surface area (Å²) in [5.41, 5.74) is 6.90. The second kappa shape index (κ2) is 7.67. The fourth-order valence-corrected chi connectivity index (χ4v) is 2.81. The van der Waals surface area contributed by atoms with Crippen LogP contribution in [0.25, 0.3) is 11.4 Å². The van der Waals surface area contributed by atoms with E-state index >= 15 is 0 Å². The average molecular weight is 392 g/mol. The maximum absolute atomic E-state index is 11.3. The van der Waals surface area contributed by atoms with Crippen molar-refractivity contribution in [3.05, 3.63) is 54.2 Å². The second-order valence-electron chi connectivity index (χ2n) is 6.63. The van der Waals surface area contributed by atoms with Gasteiger partial charge < -0.3 is 25.3 Å². The van der Waals surface area contributed by atoms with Gasteiger partial charge in [0.2, 0.25) is 12.7 Å². The van der Waals surface area contributed by atoms with Crippen LogP contribution >= 0.6 is 0 Å². The van der Waals surface area contributed by atoms with Crippen LogP contribution in [0, 0.1) is 6.92 Å². The van der Waals surface area contributed by atoms with Crippen LogP contribution in [0.5, 0.6) is 23.0 Å². The molecule has 0 radical (unpaired) electrons. The first-order chi connectivity index (χ1) is 14.0. The molecule has 0 aliphatic carbocycles. The number of anilines is 1. The van der Waals surface area contributed by atoms with E-state index in [0.717, 1.165) is 11.3 Å². The number of hydrogen-bond acceptors (Lipinski definition) is 7. The quantitative estimate of drug-likeness (QED) is 0.663. The van der Waals surface area contributed by atoms with E-state index in [2.05, 4.69) is 15.3 Å². The van der Waals surface area contributed by atoms with Crippen molar-refractivity contribution in [1.29, 1.82) is 0 Å². The van der Waals surface area contributed by atoms with E-state index in [0.29, 0.717) is 34.6 Å². The zero-order chi connectivity index (χ0) is 20.4. The number of hydrogen-bond donors (Lipinski definition) is 2. The van der Waals surface area contributed by atoms with Crippen LogP contribution in [0.4, 0.5) is 5.82 Å². The van der Waals surface area contributed by atoms with Crippen LogP contribution in [0.15, 0.2) is 48.5 Å². The molecule has 0 saturated heterocycles. The number of fused-ring (bicyclic) bond motifs is 1. The summed E-state index contributed by atoms with van der Waals surface area (Å²) in [6.07, 6.45) is 0. The summed E-state index contributed by atoms with van der Waals surface area (Å²) in [5, 5.41) is 2.98. The lowest BCUT2D eigenvalue weighted by atomic mass is 10.2. The number of benzene rings is 2. The SMILES string of the molecule is Cc1cc(NC(C)C(N)=O)nc(-c2ccc(Oc3ccc4c(c3)OCO4)cc2)n1. The molecule has 29 heavy (non-hydrogen) atoms. The summed E-state index contributed by atoms with van der Waals surface area (Å²) < 4.78 is 16.5. The molecule has 1 aliphatic rings. The third kappa shape index (κ3) is 4.21. The monoisotopic (exact) mass is 392 g/mol. The molecule has 0 spiro atoms. The number of carbonyl (C=O) groups is 1.